The van der Waals surface area contributed by atoms with Gasteiger partial charge in [0, 0.05) is 5.54 Å². The van der Waals surface area contributed by atoms with Crippen molar-refractivity contribution in [3.63, 3.8) is 0 Å². The third-order valence-corrected chi connectivity index (χ3v) is 2.70. The van der Waals surface area contributed by atoms with Crippen LogP contribution >= 0.6 is 0 Å². The maximum Gasteiger partial charge on any atom is 0.170 e. The molecular weight excluding hydrogens is 245 g/mol. The van der Waals surface area contributed by atoms with Gasteiger partial charge in [-0.3, -0.25) is 0 Å². The van der Waals surface area contributed by atoms with Crippen LogP contribution in [-0.2, 0) is 6.54 Å². The smallest absolute Gasteiger partial charge is 0.170 e. The van der Waals surface area contributed by atoms with Gasteiger partial charge in [0.15, 0.2) is 5.82 Å². The van der Waals surface area contributed by atoms with Crippen LogP contribution < -0.4 is 5.32 Å². The van der Waals surface area contributed by atoms with Crippen molar-refractivity contribution in [2.45, 2.75) is 39.8 Å². The average molecular weight is 263 g/mol. The second-order valence-electron chi connectivity index (χ2n) is 5.54. The molecule has 2 aromatic rings. The molecule has 0 aliphatic carbocycles. The summed E-state index contributed by atoms with van der Waals surface area (Å²) in [6, 6.07) is 4.82. The lowest BCUT2D eigenvalue weighted by molar-refractivity contribution is 0.415. The molecule has 0 aliphatic rings. The Morgan fingerprint density at radius 1 is 1.32 bits per heavy atom. The highest BCUT2D eigenvalue weighted by molar-refractivity contribution is 5.35. The van der Waals surface area contributed by atoms with Crippen molar-refractivity contribution in [3.8, 4) is 5.69 Å². The molecule has 1 aromatic heterocycles. The molecule has 5 nitrogen and oxygen atoms in total. The summed E-state index contributed by atoms with van der Waals surface area (Å²) < 4.78 is 14.9. The number of aromatic nitrogens is 4. The summed E-state index contributed by atoms with van der Waals surface area (Å²) in [6.07, 6.45) is 0. The largest absolute Gasteiger partial charge is 0.305 e. The highest BCUT2D eigenvalue weighted by Crippen LogP contribution is 2.14. The first-order valence-corrected chi connectivity index (χ1v) is 6.15. The fourth-order valence-corrected chi connectivity index (χ4v) is 1.62. The zero-order valence-electron chi connectivity index (χ0n) is 11.6. The molecule has 0 spiro atoms. The minimum Gasteiger partial charge on any atom is -0.305 e. The Hall–Kier alpha value is -1.82. The number of hydrogen-bond donors (Lipinski definition) is 1. The van der Waals surface area contributed by atoms with E-state index < -0.39 is 0 Å². The van der Waals surface area contributed by atoms with Gasteiger partial charge in [-0.05, 0) is 61.9 Å². The summed E-state index contributed by atoms with van der Waals surface area (Å²) in [6.45, 7) is 8.48. The maximum absolute atomic E-state index is 13.3. The van der Waals surface area contributed by atoms with E-state index in [9.17, 15) is 4.39 Å². The van der Waals surface area contributed by atoms with Gasteiger partial charge in [-0.25, -0.2) is 4.39 Å². The van der Waals surface area contributed by atoms with Crippen molar-refractivity contribution in [2.24, 2.45) is 0 Å². The van der Waals surface area contributed by atoms with E-state index in [1.54, 1.807) is 23.7 Å². The molecule has 0 amide bonds. The number of aryl methyl sites for hydroxylation is 1. The Kier molecular flexibility index (Phi) is 3.61. The second-order valence-corrected chi connectivity index (χ2v) is 5.54. The normalized spacial score (nSPS) is 11.8. The summed E-state index contributed by atoms with van der Waals surface area (Å²) in [5.74, 6) is 0.465. The molecule has 0 unspecified atom stereocenters. The van der Waals surface area contributed by atoms with Gasteiger partial charge >= 0.3 is 0 Å². The Morgan fingerprint density at radius 3 is 2.68 bits per heavy atom. The van der Waals surface area contributed by atoms with Crippen LogP contribution in [0.1, 0.15) is 32.2 Å². The highest BCUT2D eigenvalue weighted by Gasteiger charge is 2.13. The SMILES string of the molecule is Cc1cc(-n2nnnc2CNC(C)(C)C)ccc1F. The topological polar surface area (TPSA) is 55.6 Å². The molecule has 0 saturated heterocycles. The van der Waals surface area contributed by atoms with E-state index in [0.29, 0.717) is 17.9 Å². The van der Waals surface area contributed by atoms with Crippen LogP contribution in [0.3, 0.4) is 0 Å². The molecule has 0 bridgehead atoms. The van der Waals surface area contributed by atoms with Gasteiger partial charge in [-0.15, -0.1) is 5.10 Å². The molecule has 0 atom stereocenters. The van der Waals surface area contributed by atoms with E-state index in [0.717, 1.165) is 5.69 Å². The molecule has 0 saturated carbocycles. The Bertz CT molecular complexity index is 571. The summed E-state index contributed by atoms with van der Waals surface area (Å²) in [5.41, 5.74) is 1.31. The zero-order chi connectivity index (χ0) is 14.0. The van der Waals surface area contributed by atoms with Crippen LogP contribution in [-0.4, -0.2) is 25.7 Å². The van der Waals surface area contributed by atoms with Crippen molar-refractivity contribution >= 4 is 0 Å². The number of rotatable bonds is 3. The molecule has 1 N–H and O–H groups in total. The van der Waals surface area contributed by atoms with Crippen molar-refractivity contribution in [2.75, 3.05) is 0 Å². The predicted molar refractivity (Wildman–Crippen MR) is 70.4 cm³/mol. The van der Waals surface area contributed by atoms with E-state index in [-0.39, 0.29) is 11.4 Å². The van der Waals surface area contributed by atoms with Crippen LogP contribution in [0, 0.1) is 12.7 Å². The third-order valence-electron chi connectivity index (χ3n) is 2.70. The highest BCUT2D eigenvalue weighted by atomic mass is 19.1. The van der Waals surface area contributed by atoms with Gasteiger partial charge in [0.05, 0.1) is 12.2 Å². The number of nitrogens with one attached hydrogen (secondary N) is 1. The van der Waals surface area contributed by atoms with Gasteiger partial charge in [-0.1, -0.05) is 0 Å². The summed E-state index contributed by atoms with van der Waals surface area (Å²) in [7, 11) is 0. The minimum absolute atomic E-state index is 0.0184. The number of halogens is 1. The standard InChI is InChI=1S/C13H18FN5/c1-9-7-10(5-6-11(9)14)19-12(16-17-18-19)8-15-13(2,3)4/h5-7,15H,8H2,1-4H3. The van der Waals surface area contributed by atoms with Crippen LogP contribution in [0.15, 0.2) is 18.2 Å². The second kappa shape index (κ2) is 5.05. The fourth-order valence-electron chi connectivity index (χ4n) is 1.62. The van der Waals surface area contributed by atoms with Crippen molar-refractivity contribution in [1.29, 1.82) is 0 Å². The molecule has 6 heteroatoms. The average Bonchev–Trinajstić information content (AvgIpc) is 2.77. The monoisotopic (exact) mass is 263 g/mol. The first-order chi connectivity index (χ1) is 8.87. The van der Waals surface area contributed by atoms with Crippen LogP contribution in [0.25, 0.3) is 5.69 Å². The van der Waals surface area contributed by atoms with Gasteiger partial charge in [0.25, 0.3) is 0 Å². The number of benzene rings is 1. The van der Waals surface area contributed by atoms with E-state index in [1.165, 1.54) is 6.07 Å². The lowest BCUT2D eigenvalue weighted by atomic mass is 10.1. The molecule has 1 aromatic carbocycles. The molecule has 19 heavy (non-hydrogen) atoms. The molecule has 0 radical (unpaired) electrons. The fraction of sp³-hybridized carbons (Fsp3) is 0.462. The van der Waals surface area contributed by atoms with E-state index in [4.69, 9.17) is 0 Å². The van der Waals surface area contributed by atoms with Crippen molar-refractivity contribution < 1.29 is 4.39 Å². The summed E-state index contributed by atoms with van der Waals surface area (Å²) >= 11 is 0. The molecule has 2 rings (SSSR count). The molecule has 0 aliphatic heterocycles. The lowest BCUT2D eigenvalue weighted by Gasteiger charge is -2.19. The van der Waals surface area contributed by atoms with Gasteiger partial charge in [-0.2, -0.15) is 4.68 Å². The number of nitrogens with zero attached hydrogens (tertiary/aromatic N) is 4. The Labute approximate surface area is 111 Å². The molecule has 102 valence electrons. The van der Waals surface area contributed by atoms with Crippen molar-refractivity contribution in [3.05, 3.63) is 35.4 Å². The number of hydrogen-bond acceptors (Lipinski definition) is 4. The first-order valence-electron chi connectivity index (χ1n) is 6.15. The summed E-state index contributed by atoms with van der Waals surface area (Å²) in [4.78, 5) is 0. The van der Waals surface area contributed by atoms with Gasteiger partial charge in [0.2, 0.25) is 0 Å². The first kappa shape index (κ1) is 13.6. The van der Waals surface area contributed by atoms with Crippen LogP contribution in [0.4, 0.5) is 4.39 Å². The quantitative estimate of drug-likeness (QED) is 0.920. The Balaban J connectivity index is 2.26. The maximum atomic E-state index is 13.3. The van der Waals surface area contributed by atoms with Crippen LogP contribution in [0.5, 0.6) is 0 Å². The van der Waals surface area contributed by atoms with Gasteiger partial charge < -0.3 is 5.32 Å². The lowest BCUT2D eigenvalue weighted by Crippen LogP contribution is -2.35. The van der Waals surface area contributed by atoms with E-state index in [2.05, 4.69) is 41.6 Å². The number of tetrazole rings is 1. The molecular formula is C13H18FN5. The van der Waals surface area contributed by atoms with Crippen molar-refractivity contribution in [1.82, 2.24) is 25.5 Å². The minimum atomic E-state index is -0.230. The van der Waals surface area contributed by atoms with Crippen LogP contribution in [0.2, 0.25) is 0 Å². The van der Waals surface area contributed by atoms with Gasteiger partial charge in [0.1, 0.15) is 5.82 Å². The van der Waals surface area contributed by atoms with E-state index in [1.807, 2.05) is 0 Å². The molecule has 1 heterocycles. The third kappa shape index (κ3) is 3.35. The zero-order valence-corrected chi connectivity index (χ0v) is 11.6. The predicted octanol–water partition coefficient (Wildman–Crippen LogP) is 2.00. The van der Waals surface area contributed by atoms with E-state index >= 15 is 0 Å². The molecule has 0 fully saturated rings. The Morgan fingerprint density at radius 2 is 2.05 bits per heavy atom. The summed E-state index contributed by atoms with van der Waals surface area (Å²) in [5, 5.41) is 14.9.